The number of hydrogen-bond acceptors (Lipinski definition) is 7. The lowest BCUT2D eigenvalue weighted by Crippen LogP contribution is -2.28. The molecule has 0 radical (unpaired) electrons. The zero-order valence-electron chi connectivity index (χ0n) is 45.0. The Hall–Kier alpha value is -2.84. The molecule has 0 saturated heterocycles. The number of allylic oxidation sites excluding steroid dienone is 18. The van der Waals surface area contributed by atoms with Crippen LogP contribution in [0.3, 0.4) is 0 Å². The molecule has 0 rings (SSSR count). The van der Waals surface area contributed by atoms with Gasteiger partial charge in [-0.2, -0.15) is 0 Å². The number of unbranched alkanes of at least 4 members (excludes halogenated alkanes) is 22. The van der Waals surface area contributed by atoms with Gasteiger partial charge in [-0.25, -0.2) is 4.57 Å². The molecule has 0 aliphatic carbocycles. The van der Waals surface area contributed by atoms with Crippen LogP contribution >= 0.6 is 7.82 Å². The Labute approximate surface area is 431 Å². The summed E-state index contributed by atoms with van der Waals surface area (Å²) in [7, 11) is -4.30. The Kier molecular flexibility index (Phi) is 54.8. The second-order valence-corrected chi connectivity index (χ2v) is 19.8. The minimum absolute atomic E-state index is 0.0943. The first-order valence-corrected chi connectivity index (χ1v) is 29.9. The number of rotatable bonds is 53. The summed E-state index contributed by atoms with van der Waals surface area (Å²) in [6, 6.07) is 0. The van der Waals surface area contributed by atoms with Crippen LogP contribution in [0.1, 0.15) is 232 Å². The van der Waals surface area contributed by atoms with Crippen molar-refractivity contribution in [3.05, 3.63) is 109 Å². The highest BCUT2D eigenvalue weighted by Crippen LogP contribution is 2.43. The molecule has 9 heteroatoms. The van der Waals surface area contributed by atoms with Crippen LogP contribution in [-0.4, -0.2) is 49.9 Å². The molecule has 0 saturated carbocycles. The van der Waals surface area contributed by atoms with Crippen molar-refractivity contribution in [1.82, 2.24) is 0 Å². The molecule has 70 heavy (non-hydrogen) atoms. The third-order valence-corrected chi connectivity index (χ3v) is 12.7. The number of esters is 1. The molecule has 0 aromatic rings. The van der Waals surface area contributed by atoms with Crippen molar-refractivity contribution in [2.24, 2.45) is 5.73 Å². The smallest absolute Gasteiger partial charge is 0.457 e. The Balaban J connectivity index is 3.93. The Morgan fingerprint density at radius 3 is 1.13 bits per heavy atom. The molecule has 0 spiro atoms. The highest BCUT2D eigenvalue weighted by atomic mass is 31.2. The van der Waals surface area contributed by atoms with Crippen LogP contribution in [0.2, 0.25) is 0 Å². The minimum atomic E-state index is -4.30. The third kappa shape index (κ3) is 56.1. The second-order valence-electron chi connectivity index (χ2n) is 18.4. The van der Waals surface area contributed by atoms with E-state index in [1.807, 2.05) is 0 Å². The van der Waals surface area contributed by atoms with Crippen molar-refractivity contribution in [2.75, 3.05) is 33.0 Å². The molecule has 0 aliphatic rings. The predicted octanol–water partition coefficient (Wildman–Crippen LogP) is 18.3. The van der Waals surface area contributed by atoms with Gasteiger partial charge in [-0.1, -0.05) is 239 Å². The SMILES string of the molecule is CC/C=C\C/C=C\C/C=C\C/C=C\C/C=C\CCCCCCCCCCCCOCC(COP(=O)(O)OCCN)OC(=O)CCCCCCCCCCCCCC/C=C\C/C=C\C/C=C\C/C=C\CC. The van der Waals surface area contributed by atoms with E-state index in [-0.39, 0.29) is 32.3 Å². The highest BCUT2D eigenvalue weighted by molar-refractivity contribution is 7.47. The van der Waals surface area contributed by atoms with Gasteiger partial charge in [0, 0.05) is 19.6 Å². The van der Waals surface area contributed by atoms with Crippen LogP contribution in [0.15, 0.2) is 109 Å². The van der Waals surface area contributed by atoms with Gasteiger partial charge in [0.05, 0.1) is 19.8 Å². The molecule has 2 unspecified atom stereocenters. The van der Waals surface area contributed by atoms with Crippen molar-refractivity contribution >= 4 is 13.8 Å². The van der Waals surface area contributed by atoms with Crippen LogP contribution in [0.5, 0.6) is 0 Å². The minimum Gasteiger partial charge on any atom is -0.457 e. The maximum Gasteiger partial charge on any atom is 0.472 e. The van der Waals surface area contributed by atoms with E-state index < -0.39 is 13.9 Å². The lowest BCUT2D eigenvalue weighted by molar-refractivity contribution is -0.154. The maximum atomic E-state index is 12.7. The zero-order valence-corrected chi connectivity index (χ0v) is 45.9. The lowest BCUT2D eigenvalue weighted by Gasteiger charge is -2.20. The van der Waals surface area contributed by atoms with E-state index in [9.17, 15) is 14.3 Å². The van der Waals surface area contributed by atoms with Crippen LogP contribution in [0.4, 0.5) is 0 Å². The normalized spacial score (nSPS) is 14.1. The number of phosphoric acid groups is 1. The number of carbonyl (C=O) groups excluding carboxylic acids is 1. The van der Waals surface area contributed by atoms with Crippen molar-refractivity contribution in [3.63, 3.8) is 0 Å². The molecule has 0 heterocycles. The molecule has 8 nitrogen and oxygen atoms in total. The summed E-state index contributed by atoms with van der Waals surface area (Å²) in [6.45, 7) is 4.69. The van der Waals surface area contributed by atoms with Gasteiger partial charge in [-0.05, 0) is 96.3 Å². The summed E-state index contributed by atoms with van der Waals surface area (Å²) >= 11 is 0. The van der Waals surface area contributed by atoms with Gasteiger partial charge in [-0.3, -0.25) is 13.8 Å². The fourth-order valence-electron chi connectivity index (χ4n) is 7.60. The average Bonchev–Trinajstić information content (AvgIpc) is 3.35. The Bertz CT molecular complexity index is 1440. The van der Waals surface area contributed by atoms with Crippen molar-refractivity contribution < 1.29 is 32.8 Å². The molecule has 0 aromatic carbocycles. The third-order valence-electron chi connectivity index (χ3n) is 11.7. The van der Waals surface area contributed by atoms with E-state index in [4.69, 9.17) is 24.3 Å². The van der Waals surface area contributed by atoms with Crippen LogP contribution in [-0.2, 0) is 27.9 Å². The Morgan fingerprint density at radius 1 is 0.429 bits per heavy atom. The molecule has 0 aliphatic heterocycles. The van der Waals surface area contributed by atoms with Gasteiger partial charge >= 0.3 is 13.8 Å². The summed E-state index contributed by atoms with van der Waals surface area (Å²) in [5.74, 6) is -0.336. The summed E-state index contributed by atoms with van der Waals surface area (Å²) in [5.41, 5.74) is 5.40. The average molecular weight is 996 g/mol. The van der Waals surface area contributed by atoms with Crippen molar-refractivity contribution in [2.45, 2.75) is 238 Å². The fraction of sp³-hybridized carbons (Fsp3) is 0.689. The molecule has 0 bridgehead atoms. The van der Waals surface area contributed by atoms with E-state index in [0.717, 1.165) is 89.9 Å². The standard InChI is InChI=1S/C61H106NO7P/c1-3-5-7-9-11-13-15-17-19-21-23-25-27-29-31-33-35-37-39-41-43-45-47-49-51-53-56-66-58-60(59-68-70(64,65)67-57-55-62)69-61(63)54-52-50-48-46-44-42-40-38-36-34-32-30-28-26-24-22-20-18-16-14-12-10-8-6-4-2/h5-8,11-14,17-20,23-26,29,31,60H,3-4,9-10,15-16,21-22,27-28,30,32-59,62H2,1-2H3,(H,64,65)/b7-5-,8-6-,13-11-,14-12-,19-17-,20-18-,25-23-,26-24-,31-29-. The molecule has 402 valence electrons. The van der Waals surface area contributed by atoms with Gasteiger partial charge < -0.3 is 20.1 Å². The topological polar surface area (TPSA) is 117 Å². The van der Waals surface area contributed by atoms with E-state index in [1.54, 1.807) is 0 Å². The zero-order chi connectivity index (χ0) is 50.8. The number of nitrogens with two attached hydrogens (primary N) is 1. The molecule has 3 N–H and O–H groups in total. The quantitative estimate of drug-likeness (QED) is 0.0268. The first kappa shape index (κ1) is 67.2. The van der Waals surface area contributed by atoms with Crippen LogP contribution in [0.25, 0.3) is 0 Å². The number of carbonyl (C=O) groups is 1. The molecule has 2 atom stereocenters. The summed E-state index contributed by atoms with van der Waals surface area (Å²) in [6.07, 6.45) is 78.5. The van der Waals surface area contributed by atoms with Gasteiger partial charge in [0.2, 0.25) is 0 Å². The Morgan fingerprint density at radius 2 is 0.757 bits per heavy atom. The van der Waals surface area contributed by atoms with Gasteiger partial charge in [0.1, 0.15) is 6.10 Å². The predicted molar refractivity (Wildman–Crippen MR) is 302 cm³/mol. The first-order valence-electron chi connectivity index (χ1n) is 28.4. The van der Waals surface area contributed by atoms with Crippen molar-refractivity contribution in [3.8, 4) is 0 Å². The summed E-state index contributed by atoms with van der Waals surface area (Å²) in [4.78, 5) is 22.7. The largest absolute Gasteiger partial charge is 0.472 e. The summed E-state index contributed by atoms with van der Waals surface area (Å²) in [5, 5.41) is 0. The fourth-order valence-corrected chi connectivity index (χ4v) is 8.37. The molecule has 0 aromatic heterocycles. The number of ether oxygens (including phenoxy) is 2. The molecular formula is C61H106NO7P. The second kappa shape index (κ2) is 57.1. The monoisotopic (exact) mass is 996 g/mol. The van der Waals surface area contributed by atoms with Gasteiger partial charge in [0.25, 0.3) is 0 Å². The van der Waals surface area contributed by atoms with E-state index >= 15 is 0 Å². The van der Waals surface area contributed by atoms with Crippen LogP contribution in [0, 0.1) is 0 Å². The summed E-state index contributed by atoms with van der Waals surface area (Å²) < 4.78 is 33.7. The number of phosphoric ester groups is 1. The first-order chi connectivity index (χ1) is 34.4. The molecular weight excluding hydrogens is 890 g/mol. The number of hydrogen-bond donors (Lipinski definition) is 2. The molecule has 0 fully saturated rings. The van der Waals surface area contributed by atoms with E-state index in [1.165, 1.54) is 122 Å². The van der Waals surface area contributed by atoms with Crippen LogP contribution < -0.4 is 5.73 Å². The molecule has 0 amide bonds. The van der Waals surface area contributed by atoms with E-state index in [2.05, 4.69) is 123 Å². The van der Waals surface area contributed by atoms with Gasteiger partial charge in [0.15, 0.2) is 0 Å². The highest BCUT2D eigenvalue weighted by Gasteiger charge is 2.25. The van der Waals surface area contributed by atoms with Gasteiger partial charge in [-0.15, -0.1) is 0 Å². The van der Waals surface area contributed by atoms with E-state index in [0.29, 0.717) is 13.0 Å². The van der Waals surface area contributed by atoms with Crippen molar-refractivity contribution in [1.29, 1.82) is 0 Å². The maximum absolute atomic E-state index is 12.7. The lowest BCUT2D eigenvalue weighted by atomic mass is 10.0.